The molecule has 1 aromatic carbocycles. The average molecular weight is 240 g/mol. The molecule has 0 fully saturated rings. The summed E-state index contributed by atoms with van der Waals surface area (Å²) in [5.74, 6) is 0. The number of fused-ring (bicyclic) bond motifs is 1. The van der Waals surface area contributed by atoms with Crippen molar-refractivity contribution in [1.29, 1.82) is 0 Å². The van der Waals surface area contributed by atoms with Crippen molar-refractivity contribution in [3.05, 3.63) is 35.6 Å². The lowest BCUT2D eigenvalue weighted by Gasteiger charge is -2.10. The number of hydrogen-bond acceptors (Lipinski definition) is 2. The van der Waals surface area contributed by atoms with Gasteiger partial charge in [0, 0.05) is 16.9 Å². The topological polar surface area (TPSA) is 30.0 Å². The maximum absolute atomic E-state index is 12.1. The van der Waals surface area contributed by atoms with Gasteiger partial charge in [0.2, 0.25) is 0 Å². The number of benzene rings is 1. The van der Waals surface area contributed by atoms with E-state index in [1.54, 1.807) is 25.6 Å². The Balaban J connectivity index is 2.83. The molecule has 0 amide bonds. The minimum atomic E-state index is -2.26. The van der Waals surface area contributed by atoms with Crippen molar-refractivity contribution in [3.8, 4) is 0 Å². The lowest BCUT2D eigenvalue weighted by atomic mass is 10.2. The average Bonchev–Trinajstić information content (AvgIpc) is 2.15. The van der Waals surface area contributed by atoms with E-state index >= 15 is 0 Å². The molecule has 4 heteroatoms. The Morgan fingerprint density at radius 1 is 1.33 bits per heavy atom. The first-order valence-electron chi connectivity index (χ1n) is 4.58. The molecule has 0 saturated carbocycles. The smallest absolute Gasteiger partial charge is 0.129 e. The highest BCUT2D eigenvalue weighted by atomic mass is 35.5. The Morgan fingerprint density at radius 3 is 2.73 bits per heavy atom. The molecule has 0 atom stereocenters. The lowest BCUT2D eigenvalue weighted by Crippen LogP contribution is -2.04. The van der Waals surface area contributed by atoms with E-state index in [0.29, 0.717) is 5.15 Å². The molecule has 0 aliphatic rings. The van der Waals surface area contributed by atoms with Gasteiger partial charge in [-0.1, -0.05) is 29.8 Å². The maximum Gasteiger partial charge on any atom is 0.129 e. The summed E-state index contributed by atoms with van der Waals surface area (Å²) in [6.45, 7) is 3.52. The molecule has 1 heterocycles. The molecule has 78 valence electrons. The van der Waals surface area contributed by atoms with Gasteiger partial charge in [-0.3, -0.25) is 0 Å². The minimum Gasteiger partial charge on any atom is -0.319 e. The van der Waals surface area contributed by atoms with Crippen molar-refractivity contribution in [3.63, 3.8) is 0 Å². The highest BCUT2D eigenvalue weighted by Gasteiger charge is 2.14. The van der Waals surface area contributed by atoms with Gasteiger partial charge >= 0.3 is 0 Å². The van der Waals surface area contributed by atoms with Gasteiger partial charge < -0.3 is 4.57 Å². The molecule has 0 aliphatic carbocycles. The number of nitrogens with zero attached hydrogens (tertiary/aromatic N) is 1. The van der Waals surface area contributed by atoms with Gasteiger partial charge in [-0.15, -0.1) is 0 Å². The number of hydrogen-bond donors (Lipinski definition) is 0. The third-order valence-corrected chi connectivity index (χ3v) is 4.05. The Bertz CT molecular complexity index is 562. The van der Waals surface area contributed by atoms with Crippen LogP contribution in [0.2, 0.25) is 5.15 Å². The Hall–Kier alpha value is -0.850. The van der Waals surface area contributed by atoms with Crippen LogP contribution in [0.4, 0.5) is 0 Å². The molecular formula is C11H11ClNOP. The van der Waals surface area contributed by atoms with Crippen LogP contribution < -0.4 is 5.30 Å². The van der Waals surface area contributed by atoms with Crippen molar-refractivity contribution < 1.29 is 4.57 Å². The van der Waals surface area contributed by atoms with Gasteiger partial charge in [0.05, 0.1) is 0 Å². The van der Waals surface area contributed by atoms with E-state index < -0.39 is 7.14 Å². The molecular weight excluding hydrogens is 229 g/mol. The molecule has 2 rings (SSSR count). The van der Waals surface area contributed by atoms with Crippen molar-refractivity contribution in [2.75, 3.05) is 13.3 Å². The maximum atomic E-state index is 12.1. The fourth-order valence-corrected chi connectivity index (χ4v) is 2.98. The first-order valence-corrected chi connectivity index (χ1v) is 7.56. The van der Waals surface area contributed by atoms with Crippen LogP contribution in [0.1, 0.15) is 0 Å². The van der Waals surface area contributed by atoms with E-state index in [2.05, 4.69) is 4.98 Å². The van der Waals surface area contributed by atoms with Crippen LogP contribution in [0.25, 0.3) is 10.8 Å². The van der Waals surface area contributed by atoms with E-state index in [1.807, 2.05) is 18.2 Å². The summed E-state index contributed by atoms with van der Waals surface area (Å²) in [7, 11) is -2.26. The van der Waals surface area contributed by atoms with Crippen molar-refractivity contribution in [2.24, 2.45) is 0 Å². The molecule has 0 N–H and O–H groups in total. The summed E-state index contributed by atoms with van der Waals surface area (Å²) in [5, 5.41) is 3.23. The van der Waals surface area contributed by atoms with Crippen LogP contribution in [0, 0.1) is 0 Å². The van der Waals surface area contributed by atoms with Crippen LogP contribution in [-0.4, -0.2) is 18.3 Å². The van der Waals surface area contributed by atoms with E-state index in [1.165, 1.54) is 0 Å². The third-order valence-electron chi connectivity index (χ3n) is 2.29. The second kappa shape index (κ2) is 3.62. The predicted molar refractivity (Wildman–Crippen MR) is 65.8 cm³/mol. The Kier molecular flexibility index (Phi) is 2.57. The number of halogens is 1. The predicted octanol–water partition coefficient (Wildman–Crippen LogP) is 3.14. The molecule has 0 bridgehead atoms. The molecule has 0 radical (unpaired) electrons. The van der Waals surface area contributed by atoms with Gasteiger partial charge in [0.25, 0.3) is 0 Å². The fraction of sp³-hybridized carbons (Fsp3) is 0.182. The normalized spacial score (nSPS) is 11.9. The third kappa shape index (κ3) is 2.06. The van der Waals surface area contributed by atoms with Gasteiger partial charge in [0.1, 0.15) is 12.3 Å². The highest BCUT2D eigenvalue weighted by Crippen LogP contribution is 2.37. The monoisotopic (exact) mass is 239 g/mol. The van der Waals surface area contributed by atoms with Crippen LogP contribution in [0.3, 0.4) is 0 Å². The Morgan fingerprint density at radius 2 is 2.07 bits per heavy atom. The van der Waals surface area contributed by atoms with Crippen molar-refractivity contribution in [1.82, 2.24) is 4.98 Å². The van der Waals surface area contributed by atoms with E-state index in [4.69, 9.17) is 11.6 Å². The molecule has 15 heavy (non-hydrogen) atoms. The number of aromatic nitrogens is 1. The molecule has 0 saturated heterocycles. The molecule has 0 unspecified atom stereocenters. The summed E-state index contributed by atoms with van der Waals surface area (Å²) < 4.78 is 12.1. The highest BCUT2D eigenvalue weighted by molar-refractivity contribution is 7.70. The van der Waals surface area contributed by atoms with Crippen LogP contribution in [0.15, 0.2) is 30.5 Å². The zero-order chi connectivity index (χ0) is 11.1. The summed E-state index contributed by atoms with van der Waals surface area (Å²) >= 11 is 5.81. The molecule has 1 aromatic heterocycles. The first kappa shape index (κ1) is 10.7. The van der Waals surface area contributed by atoms with Crippen LogP contribution in [0.5, 0.6) is 0 Å². The number of pyridine rings is 1. The van der Waals surface area contributed by atoms with Gasteiger partial charge in [-0.05, 0) is 24.8 Å². The summed E-state index contributed by atoms with van der Waals surface area (Å²) in [4.78, 5) is 4.03. The van der Waals surface area contributed by atoms with E-state index in [0.717, 1.165) is 16.1 Å². The standard InChI is InChI=1S/C11H11ClNOP/c1-15(2,14)10-5-3-4-8-6-11(12)13-7-9(8)10/h3-7H,1-2H3. The number of rotatable bonds is 1. The van der Waals surface area contributed by atoms with Gasteiger partial charge in [0.15, 0.2) is 0 Å². The SMILES string of the molecule is CP(C)(=O)c1cccc2cc(Cl)ncc12. The molecule has 0 spiro atoms. The van der Waals surface area contributed by atoms with Gasteiger partial charge in [-0.25, -0.2) is 4.98 Å². The summed E-state index contributed by atoms with van der Waals surface area (Å²) in [6, 6.07) is 7.52. The van der Waals surface area contributed by atoms with E-state index in [-0.39, 0.29) is 0 Å². The zero-order valence-corrected chi connectivity index (χ0v) is 10.2. The van der Waals surface area contributed by atoms with Crippen molar-refractivity contribution >= 4 is 34.8 Å². The second-order valence-corrected chi connectivity index (χ2v) is 7.43. The van der Waals surface area contributed by atoms with Crippen LogP contribution in [-0.2, 0) is 4.57 Å². The summed E-state index contributed by atoms with van der Waals surface area (Å²) in [6.07, 6.45) is 1.69. The van der Waals surface area contributed by atoms with Crippen molar-refractivity contribution in [2.45, 2.75) is 0 Å². The van der Waals surface area contributed by atoms with Crippen LogP contribution >= 0.6 is 18.7 Å². The lowest BCUT2D eigenvalue weighted by molar-refractivity contribution is 0.588. The largest absolute Gasteiger partial charge is 0.319 e. The summed E-state index contributed by atoms with van der Waals surface area (Å²) in [5.41, 5.74) is 0. The molecule has 2 nitrogen and oxygen atoms in total. The van der Waals surface area contributed by atoms with E-state index in [9.17, 15) is 4.57 Å². The van der Waals surface area contributed by atoms with Gasteiger partial charge in [-0.2, -0.15) is 0 Å². The first-order chi connectivity index (χ1) is 6.98. The minimum absolute atomic E-state index is 0.460. The fourth-order valence-electron chi connectivity index (χ4n) is 1.60. The molecule has 0 aliphatic heterocycles. The quantitative estimate of drug-likeness (QED) is 0.565. The zero-order valence-electron chi connectivity index (χ0n) is 8.57. The molecule has 2 aromatic rings. The second-order valence-electron chi connectivity index (χ2n) is 3.86. The Labute approximate surface area is 93.7 Å².